The Balaban J connectivity index is 1.57. The van der Waals surface area contributed by atoms with Crippen LogP contribution in [0.1, 0.15) is 60.7 Å². The van der Waals surface area contributed by atoms with Crippen molar-refractivity contribution >= 4 is 11.4 Å². The van der Waals surface area contributed by atoms with Gasteiger partial charge in [-0.15, -0.1) is 0 Å². The average Bonchev–Trinajstić information content (AvgIpc) is 3.36. The highest BCUT2D eigenvalue weighted by molar-refractivity contribution is 6.02. The Morgan fingerprint density at radius 3 is 2.64 bits per heavy atom. The van der Waals surface area contributed by atoms with Crippen molar-refractivity contribution in [2.24, 2.45) is 5.92 Å². The van der Waals surface area contributed by atoms with Gasteiger partial charge in [0.1, 0.15) is 22.7 Å². The Kier molecular flexibility index (Phi) is 5.97. The largest absolute Gasteiger partial charge is 0.496 e. The Hall–Kier alpha value is -3.82. The molecular formula is C26H26F2N4O4. The van der Waals surface area contributed by atoms with Gasteiger partial charge in [-0.3, -0.25) is 9.20 Å². The molecule has 3 heterocycles. The van der Waals surface area contributed by atoms with Crippen LogP contribution in [-0.4, -0.2) is 39.0 Å². The maximum Gasteiger partial charge on any atom is 0.387 e. The summed E-state index contributed by atoms with van der Waals surface area (Å²) >= 11 is 0. The summed E-state index contributed by atoms with van der Waals surface area (Å²) in [5, 5.41) is 4.06. The summed E-state index contributed by atoms with van der Waals surface area (Å²) < 4.78 is 43.8. The van der Waals surface area contributed by atoms with Gasteiger partial charge in [-0.2, -0.15) is 13.8 Å². The third-order valence-corrected chi connectivity index (χ3v) is 6.57. The van der Waals surface area contributed by atoms with E-state index in [1.165, 1.54) is 13.2 Å². The van der Waals surface area contributed by atoms with Crippen LogP contribution in [0.25, 0.3) is 16.9 Å². The van der Waals surface area contributed by atoms with Gasteiger partial charge >= 0.3 is 6.61 Å². The topological polar surface area (TPSA) is 91.8 Å². The Bertz CT molecular complexity index is 1440. The third-order valence-electron chi connectivity index (χ3n) is 6.57. The van der Waals surface area contributed by atoms with Crippen LogP contribution in [-0.2, 0) is 5.41 Å². The zero-order valence-electron chi connectivity index (χ0n) is 20.4. The number of rotatable bonds is 9. The second-order valence-corrected chi connectivity index (χ2v) is 9.55. The van der Waals surface area contributed by atoms with Gasteiger partial charge < -0.3 is 14.0 Å². The number of pyridine rings is 1. The number of ether oxygens (including phenoxy) is 2. The number of aryl methyl sites for hydroxylation is 1. The van der Waals surface area contributed by atoms with Crippen LogP contribution in [0.5, 0.6) is 11.5 Å². The molecule has 0 atom stereocenters. The van der Waals surface area contributed by atoms with Crippen molar-refractivity contribution in [1.29, 1.82) is 0 Å². The molecule has 0 unspecified atom stereocenters. The van der Waals surface area contributed by atoms with E-state index in [1.807, 2.05) is 36.6 Å². The zero-order valence-corrected chi connectivity index (χ0v) is 20.4. The fourth-order valence-corrected chi connectivity index (χ4v) is 4.31. The van der Waals surface area contributed by atoms with Crippen LogP contribution < -0.4 is 9.47 Å². The minimum absolute atomic E-state index is 0.0433. The molecule has 0 spiro atoms. The summed E-state index contributed by atoms with van der Waals surface area (Å²) in [6.45, 7) is 2.63. The summed E-state index contributed by atoms with van der Waals surface area (Å²) in [4.78, 5) is 21.8. The lowest BCUT2D eigenvalue weighted by atomic mass is 9.84. The number of hydrogen-bond acceptors (Lipinski definition) is 7. The molecule has 3 aromatic heterocycles. The highest BCUT2D eigenvalue weighted by Gasteiger charge is 2.31. The second kappa shape index (κ2) is 9.00. The van der Waals surface area contributed by atoms with Gasteiger partial charge in [0, 0.05) is 25.1 Å². The van der Waals surface area contributed by atoms with Crippen molar-refractivity contribution in [2.75, 3.05) is 7.11 Å². The van der Waals surface area contributed by atoms with Gasteiger partial charge in [-0.1, -0.05) is 5.16 Å². The van der Waals surface area contributed by atoms with Crippen molar-refractivity contribution in [3.63, 3.8) is 0 Å². The lowest BCUT2D eigenvalue weighted by Gasteiger charge is -2.21. The van der Waals surface area contributed by atoms with Crippen molar-refractivity contribution in [1.82, 2.24) is 19.5 Å². The van der Waals surface area contributed by atoms with Crippen LogP contribution in [0, 0.1) is 12.8 Å². The maximum absolute atomic E-state index is 13.3. The number of benzene rings is 1. The number of alkyl halides is 2. The van der Waals surface area contributed by atoms with Crippen molar-refractivity contribution in [3.05, 3.63) is 59.5 Å². The number of carbonyl (C=O) groups is 1. The molecule has 1 aliphatic rings. The fourth-order valence-electron chi connectivity index (χ4n) is 4.31. The number of hydrogen-bond donors (Lipinski definition) is 0. The predicted molar refractivity (Wildman–Crippen MR) is 127 cm³/mol. The summed E-state index contributed by atoms with van der Waals surface area (Å²) in [7, 11) is 1.40. The van der Waals surface area contributed by atoms with Gasteiger partial charge in [0.15, 0.2) is 11.6 Å². The van der Waals surface area contributed by atoms with E-state index in [9.17, 15) is 13.6 Å². The number of carbonyl (C=O) groups excluding carboxylic acids is 1. The first kappa shape index (κ1) is 23.9. The Morgan fingerprint density at radius 1 is 1.25 bits per heavy atom. The van der Waals surface area contributed by atoms with Gasteiger partial charge in [0.2, 0.25) is 5.89 Å². The quantitative estimate of drug-likeness (QED) is 0.278. The molecule has 0 radical (unpaired) electrons. The van der Waals surface area contributed by atoms with E-state index >= 15 is 0 Å². The average molecular weight is 497 g/mol. The Morgan fingerprint density at radius 2 is 2.00 bits per heavy atom. The molecule has 1 saturated carbocycles. The van der Waals surface area contributed by atoms with E-state index in [2.05, 4.69) is 15.1 Å². The molecule has 1 fully saturated rings. The molecule has 1 aromatic carbocycles. The van der Waals surface area contributed by atoms with Gasteiger partial charge in [-0.05, 0) is 62.4 Å². The first-order chi connectivity index (χ1) is 17.2. The smallest absolute Gasteiger partial charge is 0.387 e. The molecule has 5 rings (SSSR count). The van der Waals surface area contributed by atoms with Gasteiger partial charge in [0.25, 0.3) is 0 Å². The lowest BCUT2D eigenvalue weighted by Crippen LogP contribution is -2.21. The number of nitrogens with zero attached hydrogens (tertiary/aromatic N) is 4. The van der Waals surface area contributed by atoms with E-state index in [1.54, 1.807) is 19.2 Å². The Labute approximate surface area is 206 Å². The van der Waals surface area contributed by atoms with Crippen molar-refractivity contribution in [3.8, 4) is 22.8 Å². The van der Waals surface area contributed by atoms with Gasteiger partial charge in [-0.25, -0.2) is 4.98 Å². The minimum atomic E-state index is -3.09. The van der Waals surface area contributed by atoms with Crippen molar-refractivity contribution in [2.45, 2.75) is 52.1 Å². The van der Waals surface area contributed by atoms with Crippen LogP contribution in [0.4, 0.5) is 8.78 Å². The van der Waals surface area contributed by atoms with Gasteiger partial charge in [0.05, 0.1) is 24.4 Å². The SMILES string of the molecule is COc1cc(-c2cnc3cc(C(C)(C)c4noc(C)n4)ccn23)cc(OC(F)F)c1C(=O)CC1CC1. The van der Waals surface area contributed by atoms with Crippen molar-refractivity contribution < 1.29 is 27.6 Å². The highest BCUT2D eigenvalue weighted by atomic mass is 19.3. The molecule has 0 amide bonds. The van der Waals surface area contributed by atoms with E-state index < -0.39 is 12.0 Å². The summed E-state index contributed by atoms with van der Waals surface area (Å²) in [6.07, 6.45) is 5.68. The molecule has 10 heteroatoms. The van der Waals surface area contributed by atoms with E-state index in [4.69, 9.17) is 14.0 Å². The predicted octanol–water partition coefficient (Wildman–Crippen LogP) is 5.61. The van der Waals surface area contributed by atoms with Crippen LogP contribution in [0.3, 0.4) is 0 Å². The molecule has 0 N–H and O–H groups in total. The monoisotopic (exact) mass is 496 g/mol. The van der Waals surface area contributed by atoms with E-state index in [0.717, 1.165) is 18.4 Å². The highest BCUT2D eigenvalue weighted by Crippen LogP contribution is 2.40. The first-order valence-electron chi connectivity index (χ1n) is 11.7. The molecular weight excluding hydrogens is 470 g/mol. The number of methoxy groups -OCH3 is 1. The fraction of sp³-hybridized carbons (Fsp3) is 0.385. The van der Waals surface area contributed by atoms with Crippen LogP contribution >= 0.6 is 0 Å². The van der Waals surface area contributed by atoms with E-state index in [-0.39, 0.29) is 35.2 Å². The number of imidazole rings is 1. The molecule has 0 bridgehead atoms. The number of halogens is 2. The zero-order chi connectivity index (χ0) is 25.6. The first-order valence-corrected chi connectivity index (χ1v) is 11.7. The summed E-state index contributed by atoms with van der Waals surface area (Å²) in [6, 6.07) is 6.93. The van der Waals surface area contributed by atoms with E-state index in [0.29, 0.717) is 28.6 Å². The molecule has 188 valence electrons. The van der Waals surface area contributed by atoms with Crippen LogP contribution in [0.15, 0.2) is 41.2 Å². The minimum Gasteiger partial charge on any atom is -0.496 e. The molecule has 0 aliphatic heterocycles. The molecule has 36 heavy (non-hydrogen) atoms. The summed E-state index contributed by atoms with van der Waals surface area (Å²) in [5.41, 5.74) is 2.23. The molecule has 1 aliphatic carbocycles. The van der Waals surface area contributed by atoms with Crippen LogP contribution in [0.2, 0.25) is 0 Å². The number of fused-ring (bicyclic) bond motifs is 1. The normalized spacial score (nSPS) is 14.0. The standard InChI is InChI=1S/C26H26F2N4O4/c1-14-30-24(31-36-14)26(2,3)17-7-8-32-18(13-29-22(32)12-17)16-10-20(34-4)23(19(33)9-15-5-6-15)21(11-16)35-25(27)28/h7-8,10-13,15,25H,5-6,9H2,1-4H3. The number of Topliss-reactive ketones (excluding diaryl/α,β-unsaturated/α-hetero) is 1. The number of ketones is 1. The molecule has 0 saturated heterocycles. The third kappa shape index (κ3) is 4.43. The maximum atomic E-state index is 13.3. The number of aromatic nitrogens is 4. The second-order valence-electron chi connectivity index (χ2n) is 9.55. The molecule has 4 aromatic rings. The lowest BCUT2D eigenvalue weighted by molar-refractivity contribution is -0.0502. The molecule has 8 nitrogen and oxygen atoms in total. The summed E-state index contributed by atoms with van der Waals surface area (Å²) in [5.74, 6) is 1.05.